The number of hydrogen-bond acceptors (Lipinski definition) is 7. The molecule has 0 aliphatic carbocycles. The first-order chi connectivity index (χ1) is 16.4. The summed E-state index contributed by atoms with van der Waals surface area (Å²) in [7, 11) is 0. The summed E-state index contributed by atoms with van der Waals surface area (Å²) in [5.74, 6) is -0.424. The number of fused-ring (bicyclic) bond motifs is 2. The molecule has 0 unspecified atom stereocenters. The molecule has 6 rings (SSSR count). The quantitative estimate of drug-likeness (QED) is 0.400. The van der Waals surface area contributed by atoms with Crippen molar-refractivity contribution in [2.24, 2.45) is 0 Å². The fraction of sp³-hybridized carbons (Fsp3) is 0.190. The molecule has 172 valence electrons. The smallest absolute Gasteiger partial charge is 0.402 e. The van der Waals surface area contributed by atoms with Crippen LogP contribution in [-0.2, 0) is 12.6 Å². The number of aromatic nitrogens is 7. The van der Waals surface area contributed by atoms with Crippen LogP contribution in [0.4, 0.5) is 23.6 Å². The van der Waals surface area contributed by atoms with Crippen LogP contribution in [0.5, 0.6) is 0 Å². The van der Waals surface area contributed by atoms with Crippen molar-refractivity contribution in [3.63, 3.8) is 0 Å². The molecule has 1 aliphatic rings. The van der Waals surface area contributed by atoms with E-state index in [-0.39, 0.29) is 23.1 Å². The summed E-state index contributed by atoms with van der Waals surface area (Å²) in [5, 5.41) is 12.5. The maximum absolute atomic E-state index is 13.6. The van der Waals surface area contributed by atoms with Crippen LogP contribution in [0.25, 0.3) is 17.1 Å². The zero-order valence-electron chi connectivity index (χ0n) is 17.2. The molecule has 5 aromatic heterocycles. The van der Waals surface area contributed by atoms with E-state index in [1.165, 1.54) is 41.3 Å². The van der Waals surface area contributed by atoms with Gasteiger partial charge in [-0.25, -0.2) is 18.9 Å². The summed E-state index contributed by atoms with van der Waals surface area (Å²) in [6.45, 7) is 0.415. The Hall–Kier alpha value is -4.29. The molecule has 9 nitrogen and oxygen atoms in total. The van der Waals surface area contributed by atoms with Crippen molar-refractivity contribution in [3.8, 4) is 11.6 Å². The number of pyridine rings is 2. The van der Waals surface area contributed by atoms with Gasteiger partial charge in [-0.15, -0.1) is 5.10 Å². The summed E-state index contributed by atoms with van der Waals surface area (Å²) >= 11 is 0. The topological polar surface area (TPSA) is 101 Å². The van der Waals surface area contributed by atoms with Gasteiger partial charge in [0.25, 0.3) is 5.89 Å². The van der Waals surface area contributed by atoms with Gasteiger partial charge in [-0.3, -0.25) is 0 Å². The van der Waals surface area contributed by atoms with E-state index in [4.69, 9.17) is 4.42 Å². The van der Waals surface area contributed by atoms with Gasteiger partial charge in [-0.1, -0.05) is 5.10 Å². The van der Waals surface area contributed by atoms with E-state index in [1.54, 1.807) is 4.90 Å². The standard InChI is InChI=1S/C21H14F4N8O/c22-11-3-4-14(26-9-11)19-29-30-20(34-19)32-7-5-13-17(28-10-27-13)18(32)15-8-16-12(21(23,24)25)2-1-6-33(16)31-15/h1-4,6,8-10,18H,5,7H2,(H,27,28)/t18-/m0/s1. The average Bonchev–Trinajstić information content (AvgIpc) is 3.56. The van der Waals surface area contributed by atoms with E-state index in [0.717, 1.165) is 18.0 Å². The van der Waals surface area contributed by atoms with Gasteiger partial charge in [0.2, 0.25) is 0 Å². The number of hydrogen-bond donors (Lipinski definition) is 1. The predicted octanol–water partition coefficient (Wildman–Crippen LogP) is 3.81. The van der Waals surface area contributed by atoms with Crippen LogP contribution in [0, 0.1) is 5.82 Å². The number of alkyl halides is 3. The lowest BCUT2D eigenvalue weighted by Gasteiger charge is -2.32. The first kappa shape index (κ1) is 20.3. The second-order valence-electron chi connectivity index (χ2n) is 7.68. The van der Waals surface area contributed by atoms with Gasteiger partial charge in [-0.05, 0) is 30.3 Å². The molecule has 34 heavy (non-hydrogen) atoms. The third kappa shape index (κ3) is 3.27. The van der Waals surface area contributed by atoms with Crippen LogP contribution in [0.2, 0.25) is 0 Å². The highest BCUT2D eigenvalue weighted by molar-refractivity contribution is 5.59. The van der Waals surface area contributed by atoms with E-state index in [0.29, 0.717) is 24.4 Å². The van der Waals surface area contributed by atoms with E-state index >= 15 is 0 Å². The van der Waals surface area contributed by atoms with Crippen molar-refractivity contribution in [1.82, 2.24) is 34.8 Å². The Morgan fingerprint density at radius 3 is 2.79 bits per heavy atom. The number of nitrogens with one attached hydrogen (secondary N) is 1. The molecule has 0 saturated heterocycles. The van der Waals surface area contributed by atoms with Gasteiger partial charge in [0.1, 0.15) is 17.6 Å². The molecule has 0 spiro atoms. The molecule has 5 aromatic rings. The highest BCUT2D eigenvalue weighted by Gasteiger charge is 2.38. The Morgan fingerprint density at radius 1 is 1.12 bits per heavy atom. The molecule has 0 fully saturated rings. The van der Waals surface area contributed by atoms with Gasteiger partial charge in [-0.2, -0.15) is 18.3 Å². The summed E-state index contributed by atoms with van der Waals surface area (Å²) in [6.07, 6.45) is 0.0535. The molecular weight excluding hydrogens is 456 g/mol. The number of nitrogens with zero attached hydrogens (tertiary/aromatic N) is 7. The minimum absolute atomic E-state index is 0.0747. The molecule has 1 aliphatic heterocycles. The molecule has 1 N–H and O–H groups in total. The van der Waals surface area contributed by atoms with Crippen LogP contribution in [0.3, 0.4) is 0 Å². The molecule has 0 saturated carbocycles. The number of rotatable bonds is 3. The lowest BCUT2D eigenvalue weighted by molar-refractivity contribution is -0.136. The zero-order valence-corrected chi connectivity index (χ0v) is 17.2. The maximum atomic E-state index is 13.6. The van der Waals surface area contributed by atoms with Gasteiger partial charge in [0.05, 0.1) is 35.0 Å². The summed E-state index contributed by atoms with van der Waals surface area (Å²) < 4.78 is 60.9. The highest BCUT2D eigenvalue weighted by atomic mass is 19.4. The van der Waals surface area contributed by atoms with Gasteiger partial charge >= 0.3 is 12.2 Å². The average molecular weight is 470 g/mol. The second kappa shape index (κ2) is 7.37. The highest BCUT2D eigenvalue weighted by Crippen LogP contribution is 2.39. The Morgan fingerprint density at radius 2 is 2.00 bits per heavy atom. The predicted molar refractivity (Wildman–Crippen MR) is 109 cm³/mol. The number of imidazole rings is 1. The van der Waals surface area contributed by atoms with E-state index in [9.17, 15) is 17.6 Å². The summed E-state index contributed by atoms with van der Waals surface area (Å²) in [5.41, 5.74) is 1.20. The minimum Gasteiger partial charge on any atom is -0.402 e. The second-order valence-corrected chi connectivity index (χ2v) is 7.68. The summed E-state index contributed by atoms with van der Waals surface area (Å²) in [6, 6.07) is 5.78. The number of H-pyrrole nitrogens is 1. The van der Waals surface area contributed by atoms with Crippen molar-refractivity contribution in [2.45, 2.75) is 18.6 Å². The lowest BCUT2D eigenvalue weighted by Crippen LogP contribution is -2.36. The normalized spacial score (nSPS) is 16.2. The molecular formula is C21H14F4N8O. The van der Waals surface area contributed by atoms with Gasteiger partial charge in [0.15, 0.2) is 0 Å². The Bertz CT molecular complexity index is 1490. The Kier molecular flexibility index (Phi) is 4.40. The molecule has 0 radical (unpaired) electrons. The van der Waals surface area contributed by atoms with Crippen molar-refractivity contribution in [1.29, 1.82) is 0 Å². The van der Waals surface area contributed by atoms with E-state index in [2.05, 4.69) is 30.2 Å². The van der Waals surface area contributed by atoms with Crippen LogP contribution in [0.15, 0.2) is 53.5 Å². The molecule has 0 bridgehead atoms. The van der Waals surface area contributed by atoms with Crippen LogP contribution in [0.1, 0.15) is 28.7 Å². The largest absolute Gasteiger partial charge is 0.418 e. The molecule has 0 amide bonds. The monoisotopic (exact) mass is 470 g/mol. The van der Waals surface area contributed by atoms with Crippen LogP contribution >= 0.6 is 0 Å². The fourth-order valence-corrected chi connectivity index (χ4v) is 4.13. The van der Waals surface area contributed by atoms with Crippen LogP contribution in [-0.4, -0.2) is 41.3 Å². The van der Waals surface area contributed by atoms with Crippen molar-refractivity contribution >= 4 is 11.5 Å². The number of aromatic amines is 1. The van der Waals surface area contributed by atoms with Crippen molar-refractivity contribution in [3.05, 3.63) is 77.5 Å². The lowest BCUT2D eigenvalue weighted by atomic mass is 10.00. The van der Waals surface area contributed by atoms with Gasteiger partial charge in [0, 0.05) is 24.9 Å². The van der Waals surface area contributed by atoms with Gasteiger partial charge < -0.3 is 14.3 Å². The number of halogens is 4. The fourth-order valence-electron chi connectivity index (χ4n) is 4.13. The first-order valence-corrected chi connectivity index (χ1v) is 10.2. The third-order valence-electron chi connectivity index (χ3n) is 5.64. The van der Waals surface area contributed by atoms with Crippen molar-refractivity contribution < 1.29 is 22.0 Å². The number of anilines is 1. The zero-order chi connectivity index (χ0) is 23.4. The molecule has 0 aromatic carbocycles. The minimum atomic E-state index is -4.53. The van der Waals surface area contributed by atoms with E-state index in [1.807, 2.05) is 0 Å². The molecule has 1 atom stereocenters. The molecule has 6 heterocycles. The SMILES string of the molecule is Fc1ccc(-c2nnc(N3CCc4[nH]cnc4[C@@H]3c3cc4c(C(F)(F)F)cccn4n3)o2)nc1. The Balaban J connectivity index is 1.45. The summed E-state index contributed by atoms with van der Waals surface area (Å²) in [4.78, 5) is 13.1. The van der Waals surface area contributed by atoms with E-state index < -0.39 is 23.6 Å². The van der Waals surface area contributed by atoms with Crippen LogP contribution < -0.4 is 4.90 Å². The third-order valence-corrected chi connectivity index (χ3v) is 5.64. The first-order valence-electron chi connectivity index (χ1n) is 10.2. The van der Waals surface area contributed by atoms with Crippen molar-refractivity contribution in [2.75, 3.05) is 11.4 Å². The molecule has 13 heteroatoms. The maximum Gasteiger partial charge on any atom is 0.418 e. The Labute approximate surface area is 188 Å².